The number of esters is 1. The molecule has 0 bridgehead atoms. The van der Waals surface area contributed by atoms with Gasteiger partial charge in [0.15, 0.2) is 12.2 Å². The first-order valence-corrected chi connectivity index (χ1v) is 26.0. The van der Waals surface area contributed by atoms with Crippen LogP contribution < -0.4 is 27.6 Å². The molecule has 0 heterocycles. The van der Waals surface area contributed by atoms with Crippen LogP contribution in [0.1, 0.15) is 138 Å². The number of nitrogens with two attached hydrogens (primary N) is 2. The lowest BCUT2D eigenvalue weighted by Gasteiger charge is -2.35. The fourth-order valence-electron chi connectivity index (χ4n) is 9.74. The third-order valence-corrected chi connectivity index (χ3v) is 13.6. The van der Waals surface area contributed by atoms with E-state index in [4.69, 9.17) is 25.7 Å². The number of carbonyl (C=O) groups excluding carboxylic acids is 6. The molecule has 73 heavy (non-hydrogen) atoms. The minimum absolute atomic E-state index is 0.136. The second-order valence-electron chi connectivity index (χ2n) is 23.0. The number of fused-ring (bicyclic) bond motifs is 2. The number of carbonyl (C=O) groups is 6. The Balaban J connectivity index is 0.000000272. The summed E-state index contributed by atoms with van der Waals surface area (Å²) in [5, 5.41) is 19.3. The summed E-state index contributed by atoms with van der Waals surface area (Å²) in [6.07, 6.45) is 7.17. The van der Waals surface area contributed by atoms with Crippen molar-refractivity contribution in [2.24, 2.45) is 34.1 Å². The van der Waals surface area contributed by atoms with Crippen molar-refractivity contribution < 1.29 is 48.2 Å². The number of hydrogen-bond donors (Lipinski definition) is 6. The topological polar surface area (TPSA) is 238 Å². The van der Waals surface area contributed by atoms with Crippen molar-refractivity contribution in [3.05, 3.63) is 96.1 Å². The molecule has 6 rings (SSSR count). The summed E-state index contributed by atoms with van der Waals surface area (Å²) in [6.45, 7) is 16.3. The quantitative estimate of drug-likeness (QED) is 0.0317. The molecule has 8 N–H and O–H groups in total. The molecule has 15 heteroatoms. The van der Waals surface area contributed by atoms with Gasteiger partial charge in [0.25, 0.3) is 5.91 Å². The zero-order valence-electron chi connectivity index (χ0n) is 44.5. The number of primary amides is 2. The van der Waals surface area contributed by atoms with Crippen LogP contribution in [0.3, 0.4) is 0 Å². The number of ether oxygens (including phenoxy) is 3. The zero-order valence-corrected chi connectivity index (χ0v) is 44.5. The van der Waals surface area contributed by atoms with Gasteiger partial charge in [0.05, 0.1) is 24.0 Å². The first kappa shape index (κ1) is 58.0. The Hall–Kier alpha value is -5.90. The van der Waals surface area contributed by atoms with Crippen LogP contribution >= 0.6 is 0 Å². The van der Waals surface area contributed by atoms with E-state index in [0.717, 1.165) is 96.9 Å². The van der Waals surface area contributed by atoms with Crippen molar-refractivity contribution in [2.45, 2.75) is 181 Å². The van der Waals surface area contributed by atoms with Gasteiger partial charge in [0.2, 0.25) is 23.6 Å². The first-order valence-electron chi connectivity index (χ1n) is 26.0. The Morgan fingerprint density at radius 1 is 0.534 bits per heavy atom. The van der Waals surface area contributed by atoms with E-state index in [1.165, 1.54) is 0 Å². The summed E-state index contributed by atoms with van der Waals surface area (Å²) in [7, 11) is 0. The number of hydrogen-bond acceptors (Lipinski definition) is 10. The average molecular weight is 1010 g/mol. The zero-order chi connectivity index (χ0) is 53.7. The predicted molar refractivity (Wildman–Crippen MR) is 283 cm³/mol. The van der Waals surface area contributed by atoms with Crippen LogP contribution in [0.25, 0.3) is 21.5 Å². The average Bonchev–Trinajstić information content (AvgIpc) is 3.33. The second-order valence-corrected chi connectivity index (χ2v) is 23.0. The highest BCUT2D eigenvalue weighted by Crippen LogP contribution is 2.31. The molecule has 2 fully saturated rings. The van der Waals surface area contributed by atoms with Crippen LogP contribution in [0.2, 0.25) is 0 Å². The number of nitrogens with one attached hydrogen (secondary N) is 3. The van der Waals surface area contributed by atoms with Crippen molar-refractivity contribution >= 4 is 57.1 Å². The Morgan fingerprint density at radius 3 is 1.26 bits per heavy atom. The number of rotatable bonds is 18. The third kappa shape index (κ3) is 17.4. The summed E-state index contributed by atoms with van der Waals surface area (Å²) in [5.74, 6) is -5.54. The van der Waals surface area contributed by atoms with Gasteiger partial charge in [-0.25, -0.2) is 10.3 Å². The maximum Gasteiger partial charge on any atom is 0.336 e. The summed E-state index contributed by atoms with van der Waals surface area (Å²) in [4.78, 5) is 78.4. The Kier molecular flexibility index (Phi) is 20.5. The maximum atomic E-state index is 13.9. The monoisotopic (exact) mass is 1010 g/mol. The molecule has 0 spiro atoms. The lowest BCUT2D eigenvalue weighted by atomic mass is 9.84. The number of benzene rings is 4. The maximum absolute atomic E-state index is 13.9. The van der Waals surface area contributed by atoms with Gasteiger partial charge in [0, 0.05) is 0 Å². The van der Waals surface area contributed by atoms with E-state index in [2.05, 4.69) is 10.6 Å². The highest BCUT2D eigenvalue weighted by atomic mass is 16.6. The fraction of sp³-hybridized carbons (Fsp3) is 0.552. The first-order chi connectivity index (χ1) is 34.3. The van der Waals surface area contributed by atoms with Gasteiger partial charge >= 0.3 is 5.97 Å². The highest BCUT2D eigenvalue weighted by molar-refractivity contribution is 5.93. The van der Waals surface area contributed by atoms with Crippen molar-refractivity contribution in [3.8, 4) is 0 Å². The van der Waals surface area contributed by atoms with Crippen molar-refractivity contribution in [1.29, 1.82) is 0 Å². The van der Waals surface area contributed by atoms with Crippen molar-refractivity contribution in [3.63, 3.8) is 0 Å². The Labute approximate surface area is 431 Å². The van der Waals surface area contributed by atoms with Crippen LogP contribution in [0.4, 0.5) is 0 Å². The SMILES string of the molecule is CC(C)(C)OC(=O)[C@@H](OC1CCCCC1)[C@@H](Cc1ccc2ccccc2c1)C(=O)N[C@H](C(N)=O)C(C)(C)C.CC(C)(C)[C@H](NC(=O)[C@H](Cc1ccc2ccccc2c1)[C@H](OC1CCCCC1)C(=O)NO)C(N)=O. The van der Waals surface area contributed by atoms with Crippen LogP contribution in [0.15, 0.2) is 84.9 Å². The van der Waals surface area contributed by atoms with E-state index in [0.29, 0.717) is 0 Å². The van der Waals surface area contributed by atoms with E-state index in [1.54, 1.807) is 47.0 Å². The lowest BCUT2D eigenvalue weighted by Crippen LogP contribution is -2.56. The van der Waals surface area contributed by atoms with Crippen molar-refractivity contribution in [2.75, 3.05) is 0 Å². The minimum atomic E-state index is -1.23. The largest absolute Gasteiger partial charge is 0.458 e. The molecule has 15 nitrogen and oxygen atoms in total. The Morgan fingerprint density at radius 2 is 0.904 bits per heavy atom. The van der Waals surface area contributed by atoms with E-state index >= 15 is 0 Å². The van der Waals surface area contributed by atoms with Gasteiger partial charge in [0.1, 0.15) is 17.7 Å². The molecule has 4 aromatic carbocycles. The molecule has 0 aromatic heterocycles. The molecule has 0 radical (unpaired) electrons. The van der Waals surface area contributed by atoms with E-state index in [1.807, 2.05) is 106 Å². The van der Waals surface area contributed by atoms with Crippen molar-refractivity contribution in [1.82, 2.24) is 16.1 Å². The minimum Gasteiger partial charge on any atom is -0.458 e. The smallest absolute Gasteiger partial charge is 0.336 e. The van der Waals surface area contributed by atoms with E-state index in [9.17, 15) is 34.0 Å². The van der Waals surface area contributed by atoms with Crippen LogP contribution in [-0.2, 0) is 55.8 Å². The molecule has 2 aliphatic carbocycles. The normalized spacial score (nSPS) is 17.4. The number of amides is 5. The highest BCUT2D eigenvalue weighted by Gasteiger charge is 2.43. The molecular weight excluding hydrogens is 927 g/mol. The fourth-order valence-corrected chi connectivity index (χ4v) is 9.74. The van der Waals surface area contributed by atoms with Gasteiger partial charge in [-0.3, -0.25) is 29.2 Å². The third-order valence-electron chi connectivity index (χ3n) is 13.6. The molecule has 5 amide bonds. The molecule has 4 aromatic rings. The van der Waals surface area contributed by atoms with Gasteiger partial charge < -0.3 is 36.3 Å². The van der Waals surface area contributed by atoms with Crippen LogP contribution in [0.5, 0.6) is 0 Å². The van der Waals surface area contributed by atoms with Gasteiger partial charge in [-0.15, -0.1) is 0 Å². The lowest BCUT2D eigenvalue weighted by molar-refractivity contribution is -0.180. The summed E-state index contributed by atoms with van der Waals surface area (Å²) in [5.41, 5.74) is 12.7. The summed E-state index contributed by atoms with van der Waals surface area (Å²) in [6, 6.07) is 25.8. The summed E-state index contributed by atoms with van der Waals surface area (Å²) < 4.78 is 18.3. The van der Waals surface area contributed by atoms with E-state index in [-0.39, 0.29) is 25.0 Å². The Bertz CT molecular complexity index is 2510. The van der Waals surface area contributed by atoms with E-state index < -0.39 is 88.1 Å². The molecule has 398 valence electrons. The van der Waals surface area contributed by atoms with Gasteiger partial charge in [-0.2, -0.15) is 0 Å². The number of hydroxylamine groups is 1. The molecular formula is C58H81N5O10. The predicted octanol–water partition coefficient (Wildman–Crippen LogP) is 8.31. The molecule has 6 atom stereocenters. The van der Waals surface area contributed by atoms with Crippen LogP contribution in [0, 0.1) is 22.7 Å². The molecule has 2 aliphatic rings. The van der Waals surface area contributed by atoms with Gasteiger partial charge in [-0.1, -0.05) is 165 Å². The summed E-state index contributed by atoms with van der Waals surface area (Å²) >= 11 is 0. The standard InChI is InChI=1S/C31H44N2O5.C27H37N3O5/c1-30(2,3)26(27(32)34)33-28(35)24(19-20-16-17-21-12-10-11-13-22(21)18-20)25(29(36)38-31(4,5)6)37-23-14-8-7-9-15-23;1-27(2,3)23(24(28)31)29-25(32)21(16-17-13-14-18-9-7-8-10-19(18)15-17)22(26(33)30-34)35-20-11-5-4-6-12-20/h10-13,16-18,23-26H,7-9,14-15,19H2,1-6H3,(H2,32,34)(H,33,35);7-10,13-15,20-23,34H,4-6,11-12,16H2,1-3H3,(H2,28,31)(H,29,32)(H,30,33)/t24-,25+,26-;21-,22+,23-/m11/s1. The molecule has 0 unspecified atom stereocenters. The van der Waals surface area contributed by atoms with Gasteiger partial charge in [-0.05, 0) is 103 Å². The molecule has 0 aliphatic heterocycles. The molecule has 0 saturated heterocycles. The molecule has 2 saturated carbocycles. The second kappa shape index (κ2) is 25.9. The van der Waals surface area contributed by atoms with Crippen LogP contribution in [-0.4, -0.2) is 82.8 Å².